The Morgan fingerprint density at radius 3 is 2.95 bits per heavy atom. The minimum atomic E-state index is -0.382. The second kappa shape index (κ2) is 6.27. The first-order chi connectivity index (χ1) is 9.61. The van der Waals surface area contributed by atoms with E-state index < -0.39 is 0 Å². The molecule has 1 unspecified atom stereocenters. The Labute approximate surface area is 120 Å². The van der Waals surface area contributed by atoms with E-state index in [2.05, 4.69) is 17.6 Å². The molecule has 0 aliphatic carbocycles. The van der Waals surface area contributed by atoms with Gasteiger partial charge >= 0.3 is 0 Å². The summed E-state index contributed by atoms with van der Waals surface area (Å²) in [4.78, 5) is 12.5. The fraction of sp³-hybridized carbons (Fsp3) is 0.562. The third-order valence-corrected chi connectivity index (χ3v) is 4.22. The van der Waals surface area contributed by atoms with E-state index in [0.29, 0.717) is 0 Å². The lowest BCUT2D eigenvalue weighted by molar-refractivity contribution is -0.128. The van der Waals surface area contributed by atoms with Gasteiger partial charge in [-0.25, -0.2) is 0 Å². The first-order valence-corrected chi connectivity index (χ1v) is 7.31. The molecule has 2 rings (SSSR count). The maximum Gasteiger partial charge on any atom is 0.240 e. The van der Waals surface area contributed by atoms with Crippen molar-refractivity contribution >= 4 is 5.91 Å². The van der Waals surface area contributed by atoms with Crippen molar-refractivity contribution in [1.29, 1.82) is 0 Å². The van der Waals surface area contributed by atoms with E-state index in [1.54, 1.807) is 7.11 Å². The molecule has 1 saturated heterocycles. The standard InChI is InChI=1S/C16H24N2O2/c1-4-16(9-6-10-17-16)15(19)18-12(2)13-7-5-8-14(11-13)20-3/h5,7-8,11-12,17H,4,6,9-10H2,1-3H3,(H,18,19)/t12-,16?/m1/s1. The molecule has 4 nitrogen and oxygen atoms in total. The van der Waals surface area contributed by atoms with Crippen LogP contribution in [0.2, 0.25) is 0 Å². The summed E-state index contributed by atoms with van der Waals surface area (Å²) < 4.78 is 5.23. The van der Waals surface area contributed by atoms with Gasteiger partial charge in [-0.3, -0.25) is 4.79 Å². The average Bonchev–Trinajstić information content (AvgIpc) is 2.97. The summed E-state index contributed by atoms with van der Waals surface area (Å²) in [5.74, 6) is 0.917. The molecule has 0 aromatic heterocycles. The normalized spacial score (nSPS) is 23.4. The molecule has 2 N–H and O–H groups in total. The highest BCUT2D eigenvalue weighted by molar-refractivity contribution is 5.87. The number of hydrogen-bond acceptors (Lipinski definition) is 3. The maximum absolute atomic E-state index is 12.5. The van der Waals surface area contributed by atoms with Crippen LogP contribution < -0.4 is 15.4 Å². The van der Waals surface area contributed by atoms with Gasteiger partial charge in [0, 0.05) is 0 Å². The Balaban J connectivity index is 2.06. The summed E-state index contributed by atoms with van der Waals surface area (Å²) in [7, 11) is 1.65. The van der Waals surface area contributed by atoms with Crippen LogP contribution in [0.15, 0.2) is 24.3 Å². The van der Waals surface area contributed by atoms with Crippen LogP contribution in [0.1, 0.15) is 44.7 Å². The summed E-state index contributed by atoms with van der Waals surface area (Å²) in [6.45, 7) is 4.99. The Morgan fingerprint density at radius 2 is 2.35 bits per heavy atom. The number of methoxy groups -OCH3 is 1. The van der Waals surface area contributed by atoms with Crippen molar-refractivity contribution in [3.63, 3.8) is 0 Å². The number of hydrogen-bond donors (Lipinski definition) is 2. The van der Waals surface area contributed by atoms with Gasteiger partial charge in [0.25, 0.3) is 0 Å². The summed E-state index contributed by atoms with van der Waals surface area (Å²) in [6, 6.07) is 7.80. The van der Waals surface area contributed by atoms with Crippen LogP contribution in [-0.2, 0) is 4.79 Å². The van der Waals surface area contributed by atoms with Gasteiger partial charge < -0.3 is 15.4 Å². The largest absolute Gasteiger partial charge is 0.497 e. The van der Waals surface area contributed by atoms with Gasteiger partial charge in [0.05, 0.1) is 18.7 Å². The molecule has 1 fully saturated rings. The van der Waals surface area contributed by atoms with Crippen LogP contribution in [0.5, 0.6) is 5.75 Å². The van der Waals surface area contributed by atoms with Crippen molar-refractivity contribution in [2.45, 2.75) is 44.7 Å². The molecule has 1 heterocycles. The van der Waals surface area contributed by atoms with E-state index in [0.717, 1.165) is 37.1 Å². The third kappa shape index (κ3) is 2.96. The number of benzene rings is 1. The molecule has 0 bridgehead atoms. The Morgan fingerprint density at radius 1 is 1.55 bits per heavy atom. The maximum atomic E-state index is 12.5. The zero-order chi connectivity index (χ0) is 14.6. The third-order valence-electron chi connectivity index (χ3n) is 4.22. The molecule has 0 spiro atoms. The summed E-state index contributed by atoms with van der Waals surface area (Å²) >= 11 is 0. The Bertz CT molecular complexity index is 467. The molecule has 1 aromatic carbocycles. The molecular formula is C16H24N2O2. The van der Waals surface area contributed by atoms with Gasteiger partial charge in [-0.2, -0.15) is 0 Å². The highest BCUT2D eigenvalue weighted by atomic mass is 16.5. The zero-order valence-electron chi connectivity index (χ0n) is 12.5. The van der Waals surface area contributed by atoms with E-state index in [1.807, 2.05) is 31.2 Å². The average molecular weight is 276 g/mol. The van der Waals surface area contributed by atoms with Gasteiger partial charge in [-0.05, 0) is 50.4 Å². The Hall–Kier alpha value is -1.55. The molecule has 4 heteroatoms. The topological polar surface area (TPSA) is 50.4 Å². The predicted molar refractivity (Wildman–Crippen MR) is 79.8 cm³/mol. The molecule has 1 aromatic rings. The van der Waals surface area contributed by atoms with E-state index in [9.17, 15) is 4.79 Å². The number of amides is 1. The number of carbonyl (C=O) groups excluding carboxylic acids is 1. The van der Waals surface area contributed by atoms with Crippen LogP contribution in [0.3, 0.4) is 0 Å². The fourth-order valence-corrected chi connectivity index (χ4v) is 2.79. The van der Waals surface area contributed by atoms with E-state index in [1.165, 1.54) is 0 Å². The van der Waals surface area contributed by atoms with Crippen molar-refractivity contribution in [3.05, 3.63) is 29.8 Å². The fourth-order valence-electron chi connectivity index (χ4n) is 2.79. The number of nitrogens with one attached hydrogen (secondary N) is 2. The van der Waals surface area contributed by atoms with E-state index in [-0.39, 0.29) is 17.5 Å². The van der Waals surface area contributed by atoms with Crippen LogP contribution in [0.25, 0.3) is 0 Å². The predicted octanol–water partition coefficient (Wildman–Crippen LogP) is 2.40. The van der Waals surface area contributed by atoms with Crippen LogP contribution >= 0.6 is 0 Å². The van der Waals surface area contributed by atoms with Gasteiger partial charge in [-0.15, -0.1) is 0 Å². The second-order valence-corrected chi connectivity index (χ2v) is 5.44. The number of carbonyl (C=O) groups is 1. The lowest BCUT2D eigenvalue weighted by atomic mass is 9.92. The van der Waals surface area contributed by atoms with Crippen molar-refractivity contribution in [2.75, 3.05) is 13.7 Å². The van der Waals surface area contributed by atoms with Gasteiger partial charge in [-0.1, -0.05) is 19.1 Å². The molecule has 0 saturated carbocycles. The minimum absolute atomic E-state index is 0.0246. The molecule has 1 amide bonds. The molecule has 20 heavy (non-hydrogen) atoms. The minimum Gasteiger partial charge on any atom is -0.497 e. The molecular weight excluding hydrogens is 252 g/mol. The van der Waals surface area contributed by atoms with E-state index in [4.69, 9.17) is 4.74 Å². The van der Waals surface area contributed by atoms with Gasteiger partial charge in [0.15, 0.2) is 0 Å². The summed E-state index contributed by atoms with van der Waals surface area (Å²) in [5.41, 5.74) is 0.676. The quantitative estimate of drug-likeness (QED) is 0.868. The number of rotatable bonds is 5. The van der Waals surface area contributed by atoms with Crippen LogP contribution in [0.4, 0.5) is 0 Å². The first-order valence-electron chi connectivity index (χ1n) is 7.31. The summed E-state index contributed by atoms with van der Waals surface area (Å²) in [5, 5.41) is 6.49. The van der Waals surface area contributed by atoms with Crippen LogP contribution in [-0.4, -0.2) is 25.1 Å². The smallest absolute Gasteiger partial charge is 0.240 e. The van der Waals surface area contributed by atoms with Crippen molar-refractivity contribution in [1.82, 2.24) is 10.6 Å². The van der Waals surface area contributed by atoms with Crippen LogP contribution in [0, 0.1) is 0 Å². The SMILES string of the molecule is CCC1(C(=O)N[C@H](C)c2cccc(OC)c2)CCCN1. The van der Waals surface area contributed by atoms with Crippen molar-refractivity contribution in [3.8, 4) is 5.75 Å². The lowest BCUT2D eigenvalue weighted by Crippen LogP contribution is -2.53. The molecule has 1 aliphatic heterocycles. The monoisotopic (exact) mass is 276 g/mol. The second-order valence-electron chi connectivity index (χ2n) is 5.44. The highest BCUT2D eigenvalue weighted by Gasteiger charge is 2.39. The zero-order valence-corrected chi connectivity index (χ0v) is 12.5. The molecule has 110 valence electrons. The molecule has 2 atom stereocenters. The molecule has 0 radical (unpaired) electrons. The Kier molecular flexibility index (Phi) is 4.65. The highest BCUT2D eigenvalue weighted by Crippen LogP contribution is 2.25. The summed E-state index contributed by atoms with van der Waals surface area (Å²) in [6.07, 6.45) is 2.80. The van der Waals surface area contributed by atoms with Crippen molar-refractivity contribution in [2.24, 2.45) is 0 Å². The lowest BCUT2D eigenvalue weighted by Gasteiger charge is -2.28. The number of ether oxygens (including phenoxy) is 1. The van der Waals surface area contributed by atoms with E-state index >= 15 is 0 Å². The molecule has 1 aliphatic rings. The van der Waals surface area contributed by atoms with Gasteiger partial charge in [0.2, 0.25) is 5.91 Å². The van der Waals surface area contributed by atoms with Gasteiger partial charge in [0.1, 0.15) is 5.75 Å². The first kappa shape index (κ1) is 14.9. The van der Waals surface area contributed by atoms with Crippen molar-refractivity contribution < 1.29 is 9.53 Å².